The molecular weight excluding hydrogens is 344 g/mol. The molecule has 0 saturated heterocycles. The summed E-state index contributed by atoms with van der Waals surface area (Å²) in [6, 6.07) is 7.12. The van der Waals surface area contributed by atoms with Gasteiger partial charge in [-0.25, -0.2) is 0 Å². The number of carbonyl (C=O) groups is 2. The molecule has 2 aromatic rings. The van der Waals surface area contributed by atoms with Crippen LogP contribution in [-0.4, -0.2) is 55.5 Å². The largest absolute Gasteiger partial charge is 0.489 e. The summed E-state index contributed by atoms with van der Waals surface area (Å²) in [6.07, 6.45) is 3.64. The number of fused-ring (bicyclic) bond motifs is 1. The Bertz CT molecular complexity index is 866. The van der Waals surface area contributed by atoms with Crippen molar-refractivity contribution in [3.63, 3.8) is 0 Å². The first-order chi connectivity index (χ1) is 12.8. The third-order valence-corrected chi connectivity index (χ3v) is 4.55. The van der Waals surface area contributed by atoms with Gasteiger partial charge >= 0.3 is 0 Å². The predicted octanol–water partition coefficient (Wildman–Crippen LogP) is 2.32. The maximum Gasteiger partial charge on any atom is 0.253 e. The van der Waals surface area contributed by atoms with Crippen LogP contribution in [0.3, 0.4) is 0 Å². The number of nitrogens with one attached hydrogen (secondary N) is 1. The van der Waals surface area contributed by atoms with Crippen LogP contribution in [-0.2, 0) is 4.79 Å². The number of anilines is 2. The number of aryl methyl sites for hydroxylation is 1. The summed E-state index contributed by atoms with van der Waals surface area (Å²) in [7, 11) is 5.35. The number of hydrogen-bond donors (Lipinski definition) is 1. The first-order valence-electron chi connectivity index (χ1n) is 8.78. The van der Waals surface area contributed by atoms with Crippen LogP contribution in [0.1, 0.15) is 22.3 Å². The minimum Gasteiger partial charge on any atom is -0.489 e. The van der Waals surface area contributed by atoms with Crippen molar-refractivity contribution in [3.05, 3.63) is 47.8 Å². The zero-order valence-corrected chi connectivity index (χ0v) is 16.0. The number of hydrogen-bond acceptors (Lipinski definition) is 5. The van der Waals surface area contributed by atoms with Crippen LogP contribution in [0.15, 0.2) is 36.7 Å². The lowest BCUT2D eigenvalue weighted by atomic mass is 10.1. The molecule has 0 spiro atoms. The third kappa shape index (κ3) is 4.19. The Morgan fingerprint density at radius 2 is 2.07 bits per heavy atom. The summed E-state index contributed by atoms with van der Waals surface area (Å²) >= 11 is 0. The van der Waals surface area contributed by atoms with Crippen LogP contribution in [0.4, 0.5) is 11.4 Å². The van der Waals surface area contributed by atoms with Crippen LogP contribution in [0.25, 0.3) is 0 Å². The molecule has 0 unspecified atom stereocenters. The monoisotopic (exact) mass is 368 g/mol. The Labute approximate surface area is 158 Å². The Morgan fingerprint density at radius 1 is 1.30 bits per heavy atom. The van der Waals surface area contributed by atoms with Crippen molar-refractivity contribution >= 4 is 23.2 Å². The SMILES string of the molecule is Cc1cncc(NC(=O)C[C@@H]2COc3ccc(C(=O)N(C)C)cc3N2C)c1. The second-order valence-corrected chi connectivity index (χ2v) is 6.96. The van der Waals surface area contributed by atoms with Crippen molar-refractivity contribution in [3.8, 4) is 5.75 Å². The van der Waals surface area contributed by atoms with E-state index in [1.54, 1.807) is 38.6 Å². The molecule has 0 radical (unpaired) electrons. The summed E-state index contributed by atoms with van der Waals surface area (Å²) < 4.78 is 5.81. The number of carbonyl (C=O) groups excluding carboxylic acids is 2. The fourth-order valence-electron chi connectivity index (χ4n) is 3.05. The van der Waals surface area contributed by atoms with E-state index in [1.165, 1.54) is 4.90 Å². The molecule has 7 nitrogen and oxygen atoms in total. The van der Waals surface area contributed by atoms with Crippen LogP contribution >= 0.6 is 0 Å². The molecule has 0 bridgehead atoms. The lowest BCUT2D eigenvalue weighted by Gasteiger charge is -2.35. The minimum absolute atomic E-state index is 0.0713. The number of rotatable bonds is 4. The van der Waals surface area contributed by atoms with Crippen LogP contribution < -0.4 is 15.0 Å². The highest BCUT2D eigenvalue weighted by Crippen LogP contribution is 2.34. The molecule has 1 N–H and O–H groups in total. The molecule has 142 valence electrons. The minimum atomic E-state index is -0.125. The van der Waals surface area contributed by atoms with Gasteiger partial charge in [-0.3, -0.25) is 14.6 Å². The van der Waals surface area contributed by atoms with Crippen molar-refractivity contribution < 1.29 is 14.3 Å². The van der Waals surface area contributed by atoms with Gasteiger partial charge in [0.2, 0.25) is 5.91 Å². The zero-order valence-electron chi connectivity index (χ0n) is 16.0. The molecule has 0 fully saturated rings. The van der Waals surface area contributed by atoms with Crippen molar-refractivity contribution in [2.75, 3.05) is 38.0 Å². The smallest absolute Gasteiger partial charge is 0.253 e. The molecule has 2 amide bonds. The van der Waals surface area contributed by atoms with Crippen molar-refractivity contribution in [2.45, 2.75) is 19.4 Å². The number of benzene rings is 1. The first kappa shape index (κ1) is 18.7. The van der Waals surface area contributed by atoms with E-state index in [0.717, 1.165) is 11.3 Å². The molecule has 3 rings (SSSR count). The highest BCUT2D eigenvalue weighted by molar-refractivity contribution is 5.95. The highest BCUT2D eigenvalue weighted by Gasteiger charge is 2.28. The average Bonchev–Trinajstić information content (AvgIpc) is 2.63. The number of ether oxygens (including phenoxy) is 1. The van der Waals surface area contributed by atoms with Gasteiger partial charge in [-0.1, -0.05) is 0 Å². The van der Waals surface area contributed by atoms with Gasteiger partial charge in [-0.2, -0.15) is 0 Å². The molecular formula is C20H24N4O3. The molecule has 1 aliphatic heterocycles. The van der Waals surface area contributed by atoms with E-state index in [2.05, 4.69) is 10.3 Å². The van der Waals surface area contributed by atoms with E-state index in [9.17, 15) is 9.59 Å². The van der Waals surface area contributed by atoms with Gasteiger partial charge in [0.15, 0.2) is 0 Å². The Balaban J connectivity index is 1.72. The van der Waals surface area contributed by atoms with Gasteiger partial charge in [0.1, 0.15) is 12.4 Å². The van der Waals surface area contributed by atoms with Crippen LogP contribution in [0.5, 0.6) is 5.75 Å². The molecule has 1 aliphatic rings. The average molecular weight is 368 g/mol. The normalized spacial score (nSPS) is 15.6. The number of likely N-dealkylation sites (N-methyl/N-ethyl adjacent to an activating group) is 1. The van der Waals surface area contributed by atoms with E-state index in [-0.39, 0.29) is 24.3 Å². The number of pyridine rings is 1. The maximum absolute atomic E-state index is 12.4. The van der Waals surface area contributed by atoms with Gasteiger partial charge in [0, 0.05) is 32.9 Å². The standard InChI is InChI=1S/C20H24N4O3/c1-13-7-15(11-21-10-13)22-19(25)9-16-12-27-18-6-5-14(20(26)23(2)3)8-17(18)24(16)4/h5-8,10-11,16H,9,12H2,1-4H3,(H,22,25)/t16-/m1/s1. The van der Waals surface area contributed by atoms with Gasteiger partial charge in [-0.05, 0) is 36.8 Å². The first-order valence-corrected chi connectivity index (χ1v) is 8.78. The van der Waals surface area contributed by atoms with E-state index in [4.69, 9.17) is 4.74 Å². The third-order valence-electron chi connectivity index (χ3n) is 4.55. The van der Waals surface area contributed by atoms with Gasteiger partial charge in [0.25, 0.3) is 5.91 Å². The second kappa shape index (κ2) is 7.65. The summed E-state index contributed by atoms with van der Waals surface area (Å²) in [4.78, 5) is 32.3. The molecule has 0 aliphatic carbocycles. The Kier molecular flexibility index (Phi) is 5.30. The summed E-state index contributed by atoms with van der Waals surface area (Å²) in [5.74, 6) is 0.539. The van der Waals surface area contributed by atoms with Gasteiger partial charge in [0.05, 0.1) is 30.0 Å². The zero-order chi connectivity index (χ0) is 19.6. The number of amides is 2. The van der Waals surface area contributed by atoms with Crippen molar-refractivity contribution in [1.29, 1.82) is 0 Å². The molecule has 2 heterocycles. The second-order valence-electron chi connectivity index (χ2n) is 6.96. The summed E-state index contributed by atoms with van der Waals surface area (Å²) in [5, 5.41) is 2.87. The Morgan fingerprint density at radius 3 is 2.78 bits per heavy atom. The van der Waals surface area contributed by atoms with Gasteiger partial charge < -0.3 is 19.9 Å². The molecule has 1 aromatic heterocycles. The predicted molar refractivity (Wildman–Crippen MR) is 104 cm³/mol. The van der Waals surface area contributed by atoms with Crippen molar-refractivity contribution in [2.24, 2.45) is 0 Å². The van der Waals surface area contributed by atoms with Crippen LogP contribution in [0, 0.1) is 6.92 Å². The van der Waals surface area contributed by atoms with E-state index < -0.39 is 0 Å². The van der Waals surface area contributed by atoms with E-state index >= 15 is 0 Å². The van der Waals surface area contributed by atoms with E-state index in [1.807, 2.05) is 31.0 Å². The Hall–Kier alpha value is -3.09. The quantitative estimate of drug-likeness (QED) is 0.896. The van der Waals surface area contributed by atoms with Crippen molar-refractivity contribution in [1.82, 2.24) is 9.88 Å². The maximum atomic E-state index is 12.4. The molecule has 1 aromatic carbocycles. The highest BCUT2D eigenvalue weighted by atomic mass is 16.5. The number of aromatic nitrogens is 1. The topological polar surface area (TPSA) is 74.8 Å². The molecule has 27 heavy (non-hydrogen) atoms. The molecule has 0 saturated carbocycles. The lowest BCUT2D eigenvalue weighted by molar-refractivity contribution is -0.116. The van der Waals surface area contributed by atoms with E-state index in [0.29, 0.717) is 23.6 Å². The number of nitrogens with zero attached hydrogens (tertiary/aromatic N) is 3. The lowest BCUT2D eigenvalue weighted by Crippen LogP contribution is -2.42. The fourth-order valence-corrected chi connectivity index (χ4v) is 3.05. The van der Waals surface area contributed by atoms with Crippen LogP contribution in [0.2, 0.25) is 0 Å². The molecule has 1 atom stereocenters. The summed E-state index contributed by atoms with van der Waals surface area (Å²) in [6.45, 7) is 2.33. The van der Waals surface area contributed by atoms with Gasteiger partial charge in [-0.15, -0.1) is 0 Å². The fraction of sp³-hybridized carbons (Fsp3) is 0.350. The molecule has 7 heteroatoms. The summed E-state index contributed by atoms with van der Waals surface area (Å²) in [5.41, 5.74) is 3.06.